The van der Waals surface area contributed by atoms with Gasteiger partial charge in [0.05, 0.1) is 33.5 Å². The number of phenolic OH excluding ortho intramolecular Hbond substituents is 1. The lowest BCUT2D eigenvalue weighted by atomic mass is 10.2. The second-order valence-corrected chi connectivity index (χ2v) is 10.2. The monoisotopic (exact) mass is 468 g/mol. The molecule has 4 aromatic rings. The Morgan fingerprint density at radius 3 is 2.56 bits per heavy atom. The minimum Gasteiger partial charge on any atom is -0.507 e. The van der Waals surface area contributed by atoms with E-state index in [1.807, 2.05) is 24.3 Å². The zero-order valence-electron chi connectivity index (χ0n) is 17.1. The standard InChI is InChI=1S/C23H20N2O5S2/c1-30-16-7-9-17(10-8-16)32(28,29)13-12-22(27)24-15-6-11-20(26)18(14-15)23-25-19-4-2-3-5-21(19)31-23/h2-11,14,26H,12-13H2,1H3,(H,24,27). The molecule has 0 unspecified atom stereocenters. The SMILES string of the molecule is COc1ccc(S(=O)(=O)CCC(=O)Nc2ccc(O)c(-c3nc4ccccc4s3)c2)cc1. The molecule has 0 saturated heterocycles. The Morgan fingerprint density at radius 2 is 1.84 bits per heavy atom. The van der Waals surface area contributed by atoms with E-state index in [0.717, 1.165) is 10.2 Å². The van der Waals surface area contributed by atoms with Crippen molar-refractivity contribution < 1.29 is 23.1 Å². The lowest BCUT2D eigenvalue weighted by molar-refractivity contribution is -0.115. The van der Waals surface area contributed by atoms with E-state index < -0.39 is 15.7 Å². The van der Waals surface area contributed by atoms with Gasteiger partial charge in [0.15, 0.2) is 9.84 Å². The number of carbonyl (C=O) groups is 1. The number of hydrogen-bond acceptors (Lipinski definition) is 7. The summed E-state index contributed by atoms with van der Waals surface area (Å²) in [4.78, 5) is 17.1. The zero-order valence-corrected chi connectivity index (χ0v) is 18.7. The third kappa shape index (κ3) is 4.74. The molecule has 0 aliphatic heterocycles. The van der Waals surface area contributed by atoms with Gasteiger partial charge in [-0.3, -0.25) is 4.79 Å². The van der Waals surface area contributed by atoms with Crippen LogP contribution in [-0.4, -0.2) is 37.3 Å². The van der Waals surface area contributed by atoms with Crippen molar-refractivity contribution in [1.29, 1.82) is 0 Å². The van der Waals surface area contributed by atoms with Gasteiger partial charge < -0.3 is 15.2 Å². The molecular weight excluding hydrogens is 448 g/mol. The van der Waals surface area contributed by atoms with Gasteiger partial charge in [-0.1, -0.05) is 12.1 Å². The summed E-state index contributed by atoms with van der Waals surface area (Å²) in [6.45, 7) is 0. The molecule has 4 rings (SSSR count). The molecule has 9 heteroatoms. The van der Waals surface area contributed by atoms with Crippen LogP contribution in [0.25, 0.3) is 20.8 Å². The van der Waals surface area contributed by atoms with Crippen LogP contribution in [-0.2, 0) is 14.6 Å². The summed E-state index contributed by atoms with van der Waals surface area (Å²) < 4.78 is 31.0. The lowest BCUT2D eigenvalue weighted by Gasteiger charge is -2.09. The quantitative estimate of drug-likeness (QED) is 0.388. The molecule has 0 bridgehead atoms. The van der Waals surface area contributed by atoms with E-state index in [1.165, 1.54) is 36.6 Å². The molecule has 0 aliphatic carbocycles. The summed E-state index contributed by atoms with van der Waals surface area (Å²) in [5.41, 5.74) is 1.77. The number of carbonyl (C=O) groups excluding carboxylic acids is 1. The van der Waals surface area contributed by atoms with Gasteiger partial charge in [0.2, 0.25) is 5.91 Å². The van der Waals surface area contributed by atoms with Crippen LogP contribution in [0.5, 0.6) is 11.5 Å². The van der Waals surface area contributed by atoms with Gasteiger partial charge >= 0.3 is 0 Å². The van der Waals surface area contributed by atoms with E-state index in [0.29, 0.717) is 22.0 Å². The fourth-order valence-electron chi connectivity index (χ4n) is 3.12. The van der Waals surface area contributed by atoms with Crippen LogP contribution in [0, 0.1) is 0 Å². The molecule has 0 saturated carbocycles. The van der Waals surface area contributed by atoms with Crippen LogP contribution in [0.1, 0.15) is 6.42 Å². The van der Waals surface area contributed by atoms with Gasteiger partial charge in [0, 0.05) is 12.1 Å². The minimum absolute atomic E-state index is 0.0455. The smallest absolute Gasteiger partial charge is 0.225 e. The fraction of sp³-hybridized carbons (Fsp3) is 0.130. The number of fused-ring (bicyclic) bond motifs is 1. The van der Waals surface area contributed by atoms with Crippen LogP contribution in [0.15, 0.2) is 71.6 Å². The van der Waals surface area contributed by atoms with Crippen molar-refractivity contribution in [3.8, 4) is 22.1 Å². The summed E-state index contributed by atoms with van der Waals surface area (Å²) in [7, 11) is -2.11. The number of hydrogen-bond donors (Lipinski definition) is 2. The minimum atomic E-state index is -3.61. The summed E-state index contributed by atoms with van der Waals surface area (Å²) in [5, 5.41) is 13.6. The largest absolute Gasteiger partial charge is 0.507 e. The van der Waals surface area contributed by atoms with Crippen molar-refractivity contribution in [2.24, 2.45) is 0 Å². The molecular formula is C23H20N2O5S2. The number of sulfone groups is 1. The molecule has 164 valence electrons. The first kappa shape index (κ1) is 21.8. The van der Waals surface area contributed by atoms with E-state index in [2.05, 4.69) is 10.3 Å². The highest BCUT2D eigenvalue weighted by Gasteiger charge is 2.17. The molecule has 2 N–H and O–H groups in total. The number of nitrogens with zero attached hydrogens (tertiary/aromatic N) is 1. The molecule has 1 amide bonds. The Labute approximate surface area is 189 Å². The number of thiazole rings is 1. The Kier molecular flexibility index (Phi) is 6.11. The number of anilines is 1. The molecule has 32 heavy (non-hydrogen) atoms. The second kappa shape index (κ2) is 8.97. The molecule has 0 atom stereocenters. The van der Waals surface area contributed by atoms with Gasteiger partial charge in [-0.15, -0.1) is 11.3 Å². The van der Waals surface area contributed by atoms with Crippen molar-refractivity contribution in [2.75, 3.05) is 18.2 Å². The maximum absolute atomic E-state index is 12.5. The number of nitrogens with one attached hydrogen (secondary N) is 1. The molecule has 1 aromatic heterocycles. The Morgan fingerprint density at radius 1 is 1.09 bits per heavy atom. The van der Waals surface area contributed by atoms with Crippen molar-refractivity contribution >= 4 is 43.0 Å². The van der Waals surface area contributed by atoms with Crippen LogP contribution in [0.3, 0.4) is 0 Å². The van der Waals surface area contributed by atoms with Crippen LogP contribution >= 0.6 is 11.3 Å². The third-order valence-corrected chi connectivity index (χ3v) is 7.62. The number of methoxy groups -OCH3 is 1. The van der Waals surface area contributed by atoms with E-state index >= 15 is 0 Å². The van der Waals surface area contributed by atoms with Crippen molar-refractivity contribution in [1.82, 2.24) is 4.98 Å². The normalized spacial score (nSPS) is 11.4. The lowest BCUT2D eigenvalue weighted by Crippen LogP contribution is -2.17. The molecule has 0 aliphatic rings. The van der Waals surface area contributed by atoms with E-state index in [4.69, 9.17) is 4.74 Å². The summed E-state index contributed by atoms with van der Waals surface area (Å²) in [5.74, 6) is -0.168. The Bertz CT molecular complexity index is 1350. The summed E-state index contributed by atoms with van der Waals surface area (Å²) in [6.07, 6.45) is -0.203. The molecule has 0 spiro atoms. The molecule has 0 fully saturated rings. The zero-order chi connectivity index (χ0) is 22.7. The first-order chi connectivity index (χ1) is 15.4. The van der Waals surface area contributed by atoms with Crippen LogP contribution in [0.2, 0.25) is 0 Å². The molecule has 7 nitrogen and oxygen atoms in total. The number of phenols is 1. The van der Waals surface area contributed by atoms with E-state index in [9.17, 15) is 18.3 Å². The summed E-state index contributed by atoms with van der Waals surface area (Å²) in [6, 6.07) is 18.3. The molecule has 3 aromatic carbocycles. The van der Waals surface area contributed by atoms with Crippen LogP contribution < -0.4 is 10.1 Å². The second-order valence-electron chi connectivity index (χ2n) is 7.01. The summed E-state index contributed by atoms with van der Waals surface area (Å²) >= 11 is 1.43. The van der Waals surface area contributed by atoms with Gasteiger partial charge in [0.1, 0.15) is 16.5 Å². The predicted molar refractivity (Wildman–Crippen MR) is 125 cm³/mol. The number of benzene rings is 3. The fourth-order valence-corrected chi connectivity index (χ4v) is 5.36. The van der Waals surface area contributed by atoms with Crippen LogP contribution in [0.4, 0.5) is 5.69 Å². The predicted octanol–water partition coefficient (Wildman–Crippen LogP) is 4.48. The first-order valence-corrected chi connectivity index (χ1v) is 12.2. The Balaban J connectivity index is 1.45. The van der Waals surface area contributed by atoms with Gasteiger partial charge in [0.25, 0.3) is 0 Å². The Hall–Kier alpha value is -3.43. The van der Waals surface area contributed by atoms with Gasteiger partial charge in [-0.25, -0.2) is 13.4 Å². The van der Waals surface area contributed by atoms with Gasteiger partial charge in [-0.2, -0.15) is 0 Å². The maximum atomic E-state index is 12.5. The van der Waals surface area contributed by atoms with E-state index in [-0.39, 0.29) is 22.8 Å². The number of rotatable bonds is 7. The van der Waals surface area contributed by atoms with Gasteiger partial charge in [-0.05, 0) is 54.6 Å². The van der Waals surface area contributed by atoms with Crippen molar-refractivity contribution in [3.05, 3.63) is 66.7 Å². The number of aromatic hydroxyl groups is 1. The van der Waals surface area contributed by atoms with Crippen molar-refractivity contribution in [2.45, 2.75) is 11.3 Å². The first-order valence-electron chi connectivity index (χ1n) is 9.71. The molecule has 0 radical (unpaired) electrons. The highest BCUT2D eigenvalue weighted by atomic mass is 32.2. The van der Waals surface area contributed by atoms with E-state index in [1.54, 1.807) is 24.3 Å². The average Bonchev–Trinajstić information content (AvgIpc) is 3.23. The number of ether oxygens (including phenoxy) is 1. The maximum Gasteiger partial charge on any atom is 0.225 e. The third-order valence-electron chi connectivity index (χ3n) is 4.82. The number of aromatic nitrogens is 1. The highest BCUT2D eigenvalue weighted by molar-refractivity contribution is 7.91. The number of amides is 1. The topological polar surface area (TPSA) is 106 Å². The molecule has 1 heterocycles. The number of para-hydroxylation sites is 1. The average molecular weight is 469 g/mol. The highest BCUT2D eigenvalue weighted by Crippen LogP contribution is 2.36. The van der Waals surface area contributed by atoms with Crippen molar-refractivity contribution in [3.63, 3.8) is 0 Å².